The molecule has 0 heterocycles. The number of amides is 1. The predicted molar refractivity (Wildman–Crippen MR) is 91.5 cm³/mol. The summed E-state index contributed by atoms with van der Waals surface area (Å²) in [5, 5.41) is 2.63. The number of rotatable bonds is 7. The van der Waals surface area contributed by atoms with Crippen molar-refractivity contribution in [1.82, 2.24) is 5.32 Å². The molecule has 0 unspecified atom stereocenters. The molecule has 0 aliphatic rings. The summed E-state index contributed by atoms with van der Waals surface area (Å²) in [5.74, 6) is -1.30. The van der Waals surface area contributed by atoms with Crippen LogP contribution in [0.2, 0.25) is 0 Å². The second-order valence-electron chi connectivity index (χ2n) is 5.47. The fraction of sp³-hybridized carbons (Fsp3) is 0.235. The molecule has 1 N–H and O–H groups in total. The third-order valence-electron chi connectivity index (χ3n) is 3.44. The van der Waals surface area contributed by atoms with Gasteiger partial charge in [0.1, 0.15) is 11.6 Å². The standard InChI is InChI=1S/C17H18F2N2O3S/c1-25(23,24)21(16-4-2-3-15(19)11-16)10-9-17(22)20-12-13-5-7-14(18)8-6-13/h2-8,11H,9-10,12H2,1H3,(H,20,22). The van der Waals surface area contributed by atoms with Crippen LogP contribution in [-0.2, 0) is 21.4 Å². The van der Waals surface area contributed by atoms with Crippen LogP contribution in [0.1, 0.15) is 12.0 Å². The minimum atomic E-state index is -3.66. The number of halogens is 2. The first-order chi connectivity index (χ1) is 11.8. The summed E-state index contributed by atoms with van der Waals surface area (Å²) < 4.78 is 50.9. The van der Waals surface area contributed by atoms with Crippen molar-refractivity contribution in [1.29, 1.82) is 0 Å². The van der Waals surface area contributed by atoms with Crippen molar-refractivity contribution in [2.45, 2.75) is 13.0 Å². The van der Waals surface area contributed by atoms with E-state index in [-0.39, 0.29) is 36.9 Å². The van der Waals surface area contributed by atoms with Gasteiger partial charge in [-0.1, -0.05) is 18.2 Å². The molecule has 0 aliphatic heterocycles. The second-order valence-corrected chi connectivity index (χ2v) is 7.38. The summed E-state index contributed by atoms with van der Waals surface area (Å²) in [6.45, 7) is 0.0927. The molecule has 0 saturated heterocycles. The average molecular weight is 368 g/mol. The van der Waals surface area contributed by atoms with E-state index in [1.807, 2.05) is 0 Å². The fourth-order valence-corrected chi connectivity index (χ4v) is 3.13. The lowest BCUT2D eigenvalue weighted by atomic mass is 10.2. The third-order valence-corrected chi connectivity index (χ3v) is 4.64. The molecule has 25 heavy (non-hydrogen) atoms. The van der Waals surface area contributed by atoms with Crippen molar-refractivity contribution in [3.63, 3.8) is 0 Å². The van der Waals surface area contributed by atoms with Crippen molar-refractivity contribution in [3.8, 4) is 0 Å². The maximum atomic E-state index is 13.3. The first-order valence-electron chi connectivity index (χ1n) is 7.50. The molecule has 2 rings (SSSR count). The topological polar surface area (TPSA) is 66.5 Å². The van der Waals surface area contributed by atoms with E-state index < -0.39 is 15.8 Å². The summed E-state index contributed by atoms with van der Waals surface area (Å²) in [6.07, 6.45) is 0.902. The van der Waals surface area contributed by atoms with Gasteiger partial charge in [-0.15, -0.1) is 0 Å². The maximum absolute atomic E-state index is 13.3. The number of nitrogens with one attached hydrogen (secondary N) is 1. The summed E-state index contributed by atoms with van der Waals surface area (Å²) in [7, 11) is -3.66. The molecule has 0 spiro atoms. The number of nitrogens with zero attached hydrogens (tertiary/aromatic N) is 1. The zero-order chi connectivity index (χ0) is 18.4. The number of sulfonamides is 1. The van der Waals surface area contributed by atoms with Crippen LogP contribution in [0.4, 0.5) is 14.5 Å². The molecule has 0 saturated carbocycles. The molecule has 8 heteroatoms. The summed E-state index contributed by atoms with van der Waals surface area (Å²) in [5.41, 5.74) is 0.883. The lowest BCUT2D eigenvalue weighted by Crippen LogP contribution is -2.34. The molecule has 0 radical (unpaired) electrons. The van der Waals surface area contributed by atoms with Gasteiger partial charge in [0.25, 0.3) is 0 Å². The summed E-state index contributed by atoms with van der Waals surface area (Å²) in [6, 6.07) is 10.8. The Morgan fingerprint density at radius 1 is 1.08 bits per heavy atom. The van der Waals surface area contributed by atoms with Gasteiger partial charge in [-0.3, -0.25) is 9.10 Å². The van der Waals surface area contributed by atoms with Gasteiger partial charge in [0.2, 0.25) is 15.9 Å². The minimum Gasteiger partial charge on any atom is -0.352 e. The smallest absolute Gasteiger partial charge is 0.232 e. The Morgan fingerprint density at radius 3 is 2.36 bits per heavy atom. The quantitative estimate of drug-likeness (QED) is 0.816. The highest BCUT2D eigenvalue weighted by Gasteiger charge is 2.19. The fourth-order valence-electron chi connectivity index (χ4n) is 2.21. The third kappa shape index (κ3) is 5.82. The zero-order valence-electron chi connectivity index (χ0n) is 13.6. The van der Waals surface area contributed by atoms with E-state index in [0.717, 1.165) is 22.2 Å². The van der Waals surface area contributed by atoms with Gasteiger partial charge in [0.05, 0.1) is 11.9 Å². The van der Waals surface area contributed by atoms with Crippen LogP contribution in [0.5, 0.6) is 0 Å². The van der Waals surface area contributed by atoms with E-state index in [1.165, 1.54) is 30.3 Å². The van der Waals surface area contributed by atoms with Crippen molar-refractivity contribution in [3.05, 3.63) is 65.7 Å². The van der Waals surface area contributed by atoms with Crippen LogP contribution in [0.3, 0.4) is 0 Å². The Labute approximate surface area is 145 Å². The number of hydrogen-bond donors (Lipinski definition) is 1. The van der Waals surface area contributed by atoms with Crippen molar-refractivity contribution in [2.24, 2.45) is 0 Å². The predicted octanol–water partition coefficient (Wildman–Crippen LogP) is 2.44. The van der Waals surface area contributed by atoms with E-state index in [9.17, 15) is 22.0 Å². The SMILES string of the molecule is CS(=O)(=O)N(CCC(=O)NCc1ccc(F)cc1)c1cccc(F)c1. The Bertz CT molecular complexity index is 839. The van der Waals surface area contributed by atoms with E-state index in [2.05, 4.69) is 5.32 Å². The highest BCUT2D eigenvalue weighted by molar-refractivity contribution is 7.92. The van der Waals surface area contributed by atoms with Gasteiger partial charge in [-0.05, 0) is 35.9 Å². The Balaban J connectivity index is 1.96. The Morgan fingerprint density at radius 2 is 1.76 bits per heavy atom. The number of anilines is 1. The molecule has 134 valence electrons. The van der Waals surface area contributed by atoms with Gasteiger partial charge in [-0.25, -0.2) is 17.2 Å². The Kier molecular flexibility index (Phi) is 6.08. The van der Waals surface area contributed by atoms with Crippen LogP contribution >= 0.6 is 0 Å². The lowest BCUT2D eigenvalue weighted by molar-refractivity contribution is -0.121. The van der Waals surface area contributed by atoms with E-state index in [4.69, 9.17) is 0 Å². The lowest BCUT2D eigenvalue weighted by Gasteiger charge is -2.22. The second kappa shape index (κ2) is 8.06. The monoisotopic (exact) mass is 368 g/mol. The van der Waals surface area contributed by atoms with Crippen molar-refractivity contribution < 1.29 is 22.0 Å². The van der Waals surface area contributed by atoms with E-state index in [1.54, 1.807) is 12.1 Å². The molecular formula is C17H18F2N2O3S. The van der Waals surface area contributed by atoms with Crippen LogP contribution in [-0.4, -0.2) is 27.1 Å². The highest BCUT2D eigenvalue weighted by Crippen LogP contribution is 2.18. The maximum Gasteiger partial charge on any atom is 0.232 e. The molecule has 0 aliphatic carbocycles. The average Bonchev–Trinajstić information content (AvgIpc) is 2.53. The molecule has 0 atom stereocenters. The van der Waals surface area contributed by atoms with Crippen LogP contribution < -0.4 is 9.62 Å². The van der Waals surface area contributed by atoms with Gasteiger partial charge >= 0.3 is 0 Å². The van der Waals surface area contributed by atoms with Crippen LogP contribution in [0, 0.1) is 11.6 Å². The number of carbonyl (C=O) groups excluding carboxylic acids is 1. The van der Waals surface area contributed by atoms with Gasteiger partial charge < -0.3 is 5.32 Å². The van der Waals surface area contributed by atoms with E-state index in [0.29, 0.717) is 0 Å². The van der Waals surface area contributed by atoms with Gasteiger partial charge in [0, 0.05) is 19.5 Å². The number of carbonyl (C=O) groups is 1. The molecule has 2 aromatic rings. The molecule has 0 fully saturated rings. The number of hydrogen-bond acceptors (Lipinski definition) is 3. The van der Waals surface area contributed by atoms with Crippen molar-refractivity contribution >= 4 is 21.6 Å². The summed E-state index contributed by atoms with van der Waals surface area (Å²) >= 11 is 0. The molecule has 1 amide bonds. The van der Waals surface area contributed by atoms with Gasteiger partial charge in [-0.2, -0.15) is 0 Å². The van der Waals surface area contributed by atoms with Crippen LogP contribution in [0.15, 0.2) is 48.5 Å². The van der Waals surface area contributed by atoms with E-state index >= 15 is 0 Å². The van der Waals surface area contributed by atoms with Crippen LogP contribution in [0.25, 0.3) is 0 Å². The number of benzene rings is 2. The molecule has 2 aromatic carbocycles. The minimum absolute atomic E-state index is 0.0925. The highest BCUT2D eigenvalue weighted by atomic mass is 32.2. The molecular weight excluding hydrogens is 350 g/mol. The molecule has 0 aromatic heterocycles. The van der Waals surface area contributed by atoms with Crippen molar-refractivity contribution in [2.75, 3.05) is 17.1 Å². The summed E-state index contributed by atoms with van der Waals surface area (Å²) in [4.78, 5) is 11.9. The molecule has 0 bridgehead atoms. The molecule has 5 nitrogen and oxygen atoms in total. The first-order valence-corrected chi connectivity index (χ1v) is 9.35. The zero-order valence-corrected chi connectivity index (χ0v) is 14.4. The Hall–Kier alpha value is -2.48. The first kappa shape index (κ1) is 18.9. The normalized spacial score (nSPS) is 11.2. The largest absolute Gasteiger partial charge is 0.352 e. The van der Waals surface area contributed by atoms with Gasteiger partial charge in [0.15, 0.2) is 0 Å².